The standard InChI is InChI=1S/C16H21N5O2/c1-2-5-13(16-18-20-21-19-16)17-15(22)10-14-12-7-4-3-6-11(12)8-9-23-14/h3-4,6-7,13-14H,2,5,8-10H2,1H3,(H,17,22)(H,18,19,20,21). The molecule has 2 N–H and O–H groups in total. The van der Waals surface area contributed by atoms with Gasteiger partial charge in [-0.3, -0.25) is 4.79 Å². The summed E-state index contributed by atoms with van der Waals surface area (Å²) >= 11 is 0. The zero-order valence-electron chi connectivity index (χ0n) is 13.2. The summed E-state index contributed by atoms with van der Waals surface area (Å²) in [6.07, 6.45) is 2.70. The summed E-state index contributed by atoms with van der Waals surface area (Å²) < 4.78 is 5.80. The van der Waals surface area contributed by atoms with Crippen LogP contribution in [0.4, 0.5) is 0 Å². The fourth-order valence-corrected chi connectivity index (χ4v) is 2.94. The van der Waals surface area contributed by atoms with Crippen LogP contribution in [0.2, 0.25) is 0 Å². The Kier molecular flexibility index (Phi) is 4.97. The number of aromatic nitrogens is 4. The van der Waals surface area contributed by atoms with Crippen LogP contribution in [0.1, 0.15) is 55.3 Å². The molecule has 1 aliphatic rings. The summed E-state index contributed by atoms with van der Waals surface area (Å²) in [4.78, 5) is 12.4. The van der Waals surface area contributed by atoms with Gasteiger partial charge in [0.2, 0.25) is 5.91 Å². The minimum absolute atomic E-state index is 0.0602. The van der Waals surface area contributed by atoms with Crippen LogP contribution < -0.4 is 5.32 Å². The number of ether oxygens (including phenoxy) is 1. The number of amides is 1. The number of hydrogen-bond donors (Lipinski definition) is 2. The van der Waals surface area contributed by atoms with Crippen LogP contribution in [0.25, 0.3) is 0 Å². The number of nitrogens with one attached hydrogen (secondary N) is 2. The number of tetrazole rings is 1. The van der Waals surface area contributed by atoms with Crippen molar-refractivity contribution in [2.24, 2.45) is 0 Å². The van der Waals surface area contributed by atoms with Gasteiger partial charge in [0.1, 0.15) is 0 Å². The highest BCUT2D eigenvalue weighted by atomic mass is 16.5. The lowest BCUT2D eigenvalue weighted by Crippen LogP contribution is -2.31. The molecule has 1 amide bonds. The first-order valence-corrected chi connectivity index (χ1v) is 8.00. The summed E-state index contributed by atoms with van der Waals surface area (Å²) in [5.41, 5.74) is 2.38. The Bertz CT molecular complexity index is 644. The molecule has 2 heterocycles. The Morgan fingerprint density at radius 2 is 2.35 bits per heavy atom. The third-order valence-electron chi connectivity index (χ3n) is 4.05. The molecule has 2 aromatic rings. The molecule has 7 nitrogen and oxygen atoms in total. The lowest BCUT2D eigenvalue weighted by molar-refractivity contribution is -0.125. The molecular formula is C16H21N5O2. The fraction of sp³-hybridized carbons (Fsp3) is 0.500. The van der Waals surface area contributed by atoms with Gasteiger partial charge in [-0.1, -0.05) is 42.8 Å². The minimum atomic E-state index is -0.218. The Morgan fingerprint density at radius 1 is 1.48 bits per heavy atom. The molecule has 2 unspecified atom stereocenters. The van der Waals surface area contributed by atoms with Gasteiger partial charge >= 0.3 is 0 Å². The average Bonchev–Trinajstić information content (AvgIpc) is 3.09. The molecule has 1 aliphatic heterocycles. The van der Waals surface area contributed by atoms with Crippen LogP contribution in [0.5, 0.6) is 0 Å². The SMILES string of the molecule is CCCC(NC(=O)CC1OCCc2ccccc21)c1nn[nH]n1. The van der Waals surface area contributed by atoms with E-state index in [-0.39, 0.29) is 18.1 Å². The summed E-state index contributed by atoms with van der Waals surface area (Å²) in [5, 5.41) is 16.9. The Labute approximate surface area is 134 Å². The van der Waals surface area contributed by atoms with E-state index < -0.39 is 0 Å². The van der Waals surface area contributed by atoms with Crippen molar-refractivity contribution in [3.05, 3.63) is 41.2 Å². The monoisotopic (exact) mass is 315 g/mol. The molecule has 0 radical (unpaired) electrons. The molecule has 0 spiro atoms. The van der Waals surface area contributed by atoms with E-state index in [2.05, 4.69) is 38.9 Å². The maximum absolute atomic E-state index is 12.4. The van der Waals surface area contributed by atoms with Crippen molar-refractivity contribution in [2.75, 3.05) is 6.61 Å². The third-order valence-corrected chi connectivity index (χ3v) is 4.05. The topological polar surface area (TPSA) is 92.8 Å². The van der Waals surface area contributed by atoms with Gasteiger partial charge in [0.25, 0.3) is 0 Å². The summed E-state index contributed by atoms with van der Waals surface area (Å²) in [6, 6.07) is 7.92. The zero-order valence-corrected chi connectivity index (χ0v) is 13.2. The van der Waals surface area contributed by atoms with Crippen LogP contribution in [-0.2, 0) is 16.0 Å². The van der Waals surface area contributed by atoms with Crippen LogP contribution in [0.15, 0.2) is 24.3 Å². The number of carbonyl (C=O) groups excluding carboxylic acids is 1. The van der Waals surface area contributed by atoms with Crippen LogP contribution in [-0.4, -0.2) is 33.1 Å². The van der Waals surface area contributed by atoms with Gasteiger partial charge in [-0.15, -0.1) is 10.2 Å². The predicted molar refractivity (Wildman–Crippen MR) is 83.4 cm³/mol. The second kappa shape index (κ2) is 7.32. The van der Waals surface area contributed by atoms with Gasteiger partial charge in [-0.25, -0.2) is 0 Å². The number of fused-ring (bicyclic) bond motifs is 1. The van der Waals surface area contributed by atoms with Crippen molar-refractivity contribution < 1.29 is 9.53 Å². The number of rotatable bonds is 6. The Balaban J connectivity index is 1.65. The fourth-order valence-electron chi connectivity index (χ4n) is 2.94. The van der Waals surface area contributed by atoms with Crippen LogP contribution in [0, 0.1) is 0 Å². The highest BCUT2D eigenvalue weighted by Crippen LogP contribution is 2.29. The molecule has 0 bridgehead atoms. The average molecular weight is 315 g/mol. The second-order valence-corrected chi connectivity index (χ2v) is 5.69. The molecule has 122 valence electrons. The van der Waals surface area contributed by atoms with Crippen molar-refractivity contribution in [1.29, 1.82) is 0 Å². The summed E-state index contributed by atoms with van der Waals surface area (Å²) in [5.74, 6) is 0.458. The number of H-pyrrole nitrogens is 1. The van der Waals surface area contributed by atoms with Crippen molar-refractivity contribution in [3.8, 4) is 0 Å². The Morgan fingerprint density at radius 3 is 3.13 bits per heavy atom. The molecule has 23 heavy (non-hydrogen) atoms. The summed E-state index contributed by atoms with van der Waals surface area (Å²) in [7, 11) is 0. The van der Waals surface area contributed by atoms with E-state index in [4.69, 9.17) is 4.74 Å². The molecule has 0 aliphatic carbocycles. The molecule has 1 aromatic carbocycles. The van der Waals surface area contributed by atoms with Gasteiger partial charge in [-0.05, 0) is 24.0 Å². The number of hydrogen-bond acceptors (Lipinski definition) is 5. The zero-order chi connectivity index (χ0) is 16.1. The first kappa shape index (κ1) is 15.6. The van der Waals surface area contributed by atoms with E-state index in [1.54, 1.807) is 0 Å². The molecule has 2 atom stereocenters. The quantitative estimate of drug-likeness (QED) is 0.849. The molecule has 1 aromatic heterocycles. The second-order valence-electron chi connectivity index (χ2n) is 5.69. The minimum Gasteiger partial charge on any atom is -0.373 e. The van der Waals surface area contributed by atoms with Crippen molar-refractivity contribution in [1.82, 2.24) is 25.9 Å². The van der Waals surface area contributed by atoms with Gasteiger partial charge in [0.15, 0.2) is 5.82 Å². The maximum atomic E-state index is 12.4. The van der Waals surface area contributed by atoms with E-state index in [0.29, 0.717) is 18.9 Å². The van der Waals surface area contributed by atoms with Crippen molar-refractivity contribution in [2.45, 2.75) is 44.8 Å². The maximum Gasteiger partial charge on any atom is 0.223 e. The van der Waals surface area contributed by atoms with E-state index in [0.717, 1.165) is 24.8 Å². The van der Waals surface area contributed by atoms with E-state index in [1.807, 2.05) is 18.2 Å². The van der Waals surface area contributed by atoms with E-state index in [1.165, 1.54) is 5.56 Å². The van der Waals surface area contributed by atoms with Gasteiger partial charge in [-0.2, -0.15) is 5.21 Å². The lowest BCUT2D eigenvalue weighted by Gasteiger charge is -2.26. The lowest BCUT2D eigenvalue weighted by atomic mass is 9.95. The van der Waals surface area contributed by atoms with Crippen LogP contribution >= 0.6 is 0 Å². The predicted octanol–water partition coefficient (Wildman–Crippen LogP) is 1.86. The van der Waals surface area contributed by atoms with Crippen LogP contribution in [0.3, 0.4) is 0 Å². The molecule has 0 fully saturated rings. The van der Waals surface area contributed by atoms with Crippen molar-refractivity contribution >= 4 is 5.91 Å². The molecule has 0 saturated heterocycles. The Hall–Kier alpha value is -2.28. The number of aromatic amines is 1. The normalized spacial score (nSPS) is 18.2. The van der Waals surface area contributed by atoms with E-state index >= 15 is 0 Å². The largest absolute Gasteiger partial charge is 0.373 e. The van der Waals surface area contributed by atoms with E-state index in [9.17, 15) is 4.79 Å². The first-order valence-electron chi connectivity index (χ1n) is 8.00. The summed E-state index contributed by atoms with van der Waals surface area (Å²) in [6.45, 7) is 2.71. The van der Waals surface area contributed by atoms with Crippen molar-refractivity contribution in [3.63, 3.8) is 0 Å². The third kappa shape index (κ3) is 3.73. The number of carbonyl (C=O) groups is 1. The highest BCUT2D eigenvalue weighted by Gasteiger charge is 2.25. The molecule has 0 saturated carbocycles. The molecular weight excluding hydrogens is 294 g/mol. The van der Waals surface area contributed by atoms with Gasteiger partial charge in [0.05, 0.1) is 25.2 Å². The smallest absolute Gasteiger partial charge is 0.223 e. The van der Waals surface area contributed by atoms with Gasteiger partial charge < -0.3 is 10.1 Å². The number of nitrogens with zero attached hydrogens (tertiary/aromatic N) is 3. The number of benzene rings is 1. The van der Waals surface area contributed by atoms with Gasteiger partial charge in [0, 0.05) is 0 Å². The molecule has 3 rings (SSSR count). The first-order chi connectivity index (χ1) is 11.3. The molecule has 7 heteroatoms. The highest BCUT2D eigenvalue weighted by molar-refractivity contribution is 5.77.